The highest BCUT2D eigenvalue weighted by molar-refractivity contribution is 6.74. The van der Waals surface area contributed by atoms with Gasteiger partial charge in [0.05, 0.1) is 24.8 Å². The Morgan fingerprint density at radius 3 is 2.29 bits per heavy atom. The van der Waals surface area contributed by atoms with Crippen molar-refractivity contribution in [3.05, 3.63) is 101 Å². The van der Waals surface area contributed by atoms with Gasteiger partial charge in [-0.2, -0.15) is 0 Å². The van der Waals surface area contributed by atoms with Crippen molar-refractivity contribution in [3.8, 4) is 5.75 Å². The van der Waals surface area contributed by atoms with Gasteiger partial charge in [0.1, 0.15) is 17.9 Å². The van der Waals surface area contributed by atoms with Gasteiger partial charge in [-0.15, -0.1) is 0 Å². The molecule has 5 rings (SSSR count). The monoisotopic (exact) mass is 570 g/mol. The van der Waals surface area contributed by atoms with E-state index in [9.17, 15) is 4.79 Å². The summed E-state index contributed by atoms with van der Waals surface area (Å²) in [5.74, 6) is 0.463. The maximum atomic E-state index is 13.3. The minimum absolute atomic E-state index is 0.0281. The molecule has 0 radical (unpaired) electrons. The number of hydrogen-bond acceptors (Lipinski definition) is 5. The van der Waals surface area contributed by atoms with Crippen LogP contribution >= 0.6 is 0 Å². The SMILES string of the molecule is COc1cccc2c3c([nH]c12)[C@](COC(=O)c1ccccc1)(CO[Si](C)(C)C(C)(C)C)N(Cc1ccccc1)CC3. The van der Waals surface area contributed by atoms with E-state index in [1.807, 2.05) is 36.4 Å². The smallest absolute Gasteiger partial charge is 0.338 e. The van der Waals surface area contributed by atoms with Crippen LogP contribution in [0.15, 0.2) is 78.9 Å². The standard InChI is InChI=1S/C34H42N2O4Si/c1-33(2,3)41(5,6)40-24-34(23-39-32(37)26-16-11-8-12-17-26)31-28(27-18-13-19-29(38-4)30(27)35-31)20-21-36(34)22-25-14-9-7-10-15-25/h7-19,35H,20-24H2,1-6H3/t34-/m0/s1. The summed E-state index contributed by atoms with van der Waals surface area (Å²) >= 11 is 0. The largest absolute Gasteiger partial charge is 0.495 e. The van der Waals surface area contributed by atoms with E-state index in [-0.39, 0.29) is 17.6 Å². The average molecular weight is 571 g/mol. The molecule has 0 aliphatic carbocycles. The lowest BCUT2D eigenvalue weighted by Gasteiger charge is -2.48. The number of aromatic nitrogens is 1. The number of benzene rings is 3. The molecule has 0 fully saturated rings. The van der Waals surface area contributed by atoms with Crippen molar-refractivity contribution in [1.82, 2.24) is 9.88 Å². The first-order chi connectivity index (χ1) is 19.6. The molecule has 0 spiro atoms. The normalized spacial score (nSPS) is 17.8. The second-order valence-corrected chi connectivity index (χ2v) is 17.4. The van der Waals surface area contributed by atoms with Crippen molar-refractivity contribution in [1.29, 1.82) is 0 Å². The highest BCUT2D eigenvalue weighted by Crippen LogP contribution is 2.44. The molecule has 1 aliphatic heterocycles. The number of methoxy groups -OCH3 is 1. The van der Waals surface area contributed by atoms with Crippen molar-refractivity contribution in [2.45, 2.75) is 57.4 Å². The molecule has 1 aromatic heterocycles. The van der Waals surface area contributed by atoms with E-state index in [2.05, 4.69) is 74.1 Å². The van der Waals surface area contributed by atoms with Crippen LogP contribution in [0.25, 0.3) is 10.9 Å². The Labute approximate surface area is 244 Å². The van der Waals surface area contributed by atoms with Gasteiger partial charge in [-0.3, -0.25) is 4.90 Å². The number of aromatic amines is 1. The molecule has 0 saturated carbocycles. The molecule has 1 aliphatic rings. The Hall–Kier alpha value is -3.39. The van der Waals surface area contributed by atoms with Gasteiger partial charge in [0.2, 0.25) is 0 Å². The number of nitrogens with zero attached hydrogens (tertiary/aromatic N) is 1. The molecule has 0 unspecified atom stereocenters. The zero-order chi connectivity index (χ0) is 29.3. The van der Waals surface area contributed by atoms with Crippen LogP contribution in [0, 0.1) is 0 Å². The van der Waals surface area contributed by atoms with Gasteiger partial charge in [0, 0.05) is 24.2 Å². The number of carbonyl (C=O) groups excluding carboxylic acids is 1. The van der Waals surface area contributed by atoms with E-state index in [1.54, 1.807) is 19.2 Å². The third kappa shape index (κ3) is 5.71. The Morgan fingerprint density at radius 1 is 0.951 bits per heavy atom. The van der Waals surface area contributed by atoms with Gasteiger partial charge >= 0.3 is 5.97 Å². The molecular weight excluding hydrogens is 528 g/mol. The molecule has 0 saturated heterocycles. The number of nitrogens with one attached hydrogen (secondary N) is 1. The van der Waals surface area contributed by atoms with Crippen LogP contribution in [0.1, 0.15) is 48.0 Å². The topological polar surface area (TPSA) is 63.8 Å². The molecule has 6 nitrogen and oxygen atoms in total. The molecule has 1 atom stereocenters. The Balaban J connectivity index is 1.65. The second-order valence-electron chi connectivity index (χ2n) is 12.5. The maximum absolute atomic E-state index is 13.3. The third-order valence-corrected chi connectivity index (χ3v) is 13.4. The van der Waals surface area contributed by atoms with Crippen molar-refractivity contribution in [2.24, 2.45) is 0 Å². The minimum Gasteiger partial charge on any atom is -0.495 e. The van der Waals surface area contributed by atoms with Crippen LogP contribution in [0.5, 0.6) is 5.75 Å². The molecule has 3 aromatic carbocycles. The van der Waals surface area contributed by atoms with Crippen LogP contribution in [0.3, 0.4) is 0 Å². The summed E-state index contributed by atoms with van der Waals surface area (Å²) in [5.41, 5.74) is 4.25. The van der Waals surface area contributed by atoms with Crippen molar-refractivity contribution in [2.75, 3.05) is 26.9 Å². The summed E-state index contributed by atoms with van der Waals surface area (Å²) in [6.07, 6.45) is 0.865. The number of fused-ring (bicyclic) bond motifs is 3. The van der Waals surface area contributed by atoms with Gasteiger partial charge in [0.15, 0.2) is 8.32 Å². The first kappa shape index (κ1) is 29.1. The number of hydrogen-bond donors (Lipinski definition) is 1. The summed E-state index contributed by atoms with van der Waals surface area (Å²) in [7, 11) is -0.461. The van der Waals surface area contributed by atoms with Gasteiger partial charge in [-0.05, 0) is 53.9 Å². The fraction of sp³-hybridized carbons (Fsp3) is 0.382. The Bertz CT molecular complexity index is 1490. The van der Waals surface area contributed by atoms with E-state index < -0.39 is 13.9 Å². The quantitative estimate of drug-likeness (QED) is 0.169. The maximum Gasteiger partial charge on any atom is 0.338 e. The third-order valence-electron chi connectivity index (χ3n) is 8.97. The van der Waals surface area contributed by atoms with E-state index in [0.29, 0.717) is 18.7 Å². The average Bonchev–Trinajstić information content (AvgIpc) is 3.36. The zero-order valence-corrected chi connectivity index (χ0v) is 26.1. The van der Waals surface area contributed by atoms with E-state index >= 15 is 0 Å². The van der Waals surface area contributed by atoms with Crippen LogP contribution in [0.4, 0.5) is 0 Å². The van der Waals surface area contributed by atoms with Crippen LogP contribution in [0.2, 0.25) is 18.1 Å². The molecule has 2 heterocycles. The molecule has 0 bridgehead atoms. The number of rotatable bonds is 9. The van der Waals surface area contributed by atoms with Crippen LogP contribution in [-0.4, -0.2) is 51.0 Å². The first-order valence-electron chi connectivity index (χ1n) is 14.4. The van der Waals surface area contributed by atoms with E-state index in [0.717, 1.165) is 35.3 Å². The highest BCUT2D eigenvalue weighted by Gasteiger charge is 2.49. The molecule has 4 aromatic rings. The predicted molar refractivity (Wildman–Crippen MR) is 167 cm³/mol. The van der Waals surface area contributed by atoms with Crippen molar-refractivity contribution >= 4 is 25.2 Å². The number of H-pyrrole nitrogens is 1. The Morgan fingerprint density at radius 2 is 1.63 bits per heavy atom. The Kier molecular flexibility index (Phi) is 8.15. The van der Waals surface area contributed by atoms with Gasteiger partial charge in [0.25, 0.3) is 0 Å². The van der Waals surface area contributed by atoms with Crippen molar-refractivity contribution in [3.63, 3.8) is 0 Å². The first-order valence-corrected chi connectivity index (χ1v) is 17.3. The van der Waals surface area contributed by atoms with E-state index in [4.69, 9.17) is 13.9 Å². The van der Waals surface area contributed by atoms with Crippen molar-refractivity contribution < 1.29 is 18.7 Å². The summed E-state index contributed by atoms with van der Waals surface area (Å²) in [4.78, 5) is 19.5. The van der Waals surface area contributed by atoms with Gasteiger partial charge in [-0.25, -0.2) is 4.79 Å². The number of esters is 1. The summed E-state index contributed by atoms with van der Waals surface area (Å²) in [6.45, 7) is 13.4. The zero-order valence-electron chi connectivity index (χ0n) is 25.1. The molecular formula is C34H42N2O4Si. The van der Waals surface area contributed by atoms with Crippen LogP contribution in [-0.2, 0) is 27.7 Å². The fourth-order valence-corrected chi connectivity index (χ4v) is 6.49. The molecule has 216 valence electrons. The second kappa shape index (κ2) is 11.5. The fourth-order valence-electron chi connectivity index (χ4n) is 5.45. The highest BCUT2D eigenvalue weighted by atomic mass is 28.4. The minimum atomic E-state index is -2.16. The summed E-state index contributed by atoms with van der Waals surface area (Å²) in [6, 6.07) is 25.9. The molecule has 0 amide bonds. The lowest BCUT2D eigenvalue weighted by molar-refractivity contribution is -0.0410. The summed E-state index contributed by atoms with van der Waals surface area (Å²) < 4.78 is 19.0. The number of para-hydroxylation sites is 1. The molecule has 7 heteroatoms. The summed E-state index contributed by atoms with van der Waals surface area (Å²) in [5, 5.41) is 1.17. The lowest BCUT2D eigenvalue weighted by atomic mass is 9.85. The molecule has 1 N–H and O–H groups in total. The van der Waals surface area contributed by atoms with Gasteiger partial charge < -0.3 is 18.9 Å². The number of ether oxygens (including phenoxy) is 2. The van der Waals surface area contributed by atoms with Gasteiger partial charge in [-0.1, -0.05) is 81.4 Å². The van der Waals surface area contributed by atoms with E-state index in [1.165, 1.54) is 11.1 Å². The number of carbonyl (C=O) groups is 1. The molecule has 41 heavy (non-hydrogen) atoms. The lowest BCUT2D eigenvalue weighted by Crippen LogP contribution is -2.58. The van der Waals surface area contributed by atoms with Crippen LogP contribution < -0.4 is 4.74 Å². The predicted octanol–water partition coefficient (Wildman–Crippen LogP) is 7.31.